The number of benzene rings is 2. The van der Waals surface area contributed by atoms with Crippen molar-refractivity contribution >= 4 is 29.4 Å². The molecule has 1 aliphatic carbocycles. The van der Waals surface area contributed by atoms with Crippen LogP contribution in [0.3, 0.4) is 0 Å². The first-order valence-corrected chi connectivity index (χ1v) is 12.5. The fraction of sp³-hybridized carbons (Fsp3) is 0.296. The third-order valence-electron chi connectivity index (χ3n) is 5.92. The number of carbonyl (C=O) groups is 2. The molecule has 0 spiro atoms. The molecule has 0 saturated heterocycles. The van der Waals surface area contributed by atoms with Gasteiger partial charge in [0.05, 0.1) is 11.3 Å². The second kappa shape index (κ2) is 11.7. The third-order valence-corrected chi connectivity index (χ3v) is 6.99. The van der Waals surface area contributed by atoms with Gasteiger partial charge in [-0.3, -0.25) is 9.59 Å². The first kappa shape index (κ1) is 23.1. The number of hydrogen-bond donors (Lipinski definition) is 2. The molecule has 2 aromatic carbocycles. The molecule has 2 N–H and O–H groups in total. The minimum atomic E-state index is -0.235. The van der Waals surface area contributed by atoms with Gasteiger partial charge in [-0.05, 0) is 48.6 Å². The summed E-state index contributed by atoms with van der Waals surface area (Å²) < 4.78 is 0. The first-order valence-electron chi connectivity index (χ1n) is 11.5. The highest BCUT2D eigenvalue weighted by Crippen LogP contribution is 2.25. The Labute approximate surface area is 199 Å². The number of aromatic nitrogens is 1. The largest absolute Gasteiger partial charge is 0.355 e. The maximum absolute atomic E-state index is 12.9. The molecule has 0 bridgehead atoms. The predicted molar refractivity (Wildman–Crippen MR) is 134 cm³/mol. The molecular formula is C27H29N3O2S. The van der Waals surface area contributed by atoms with Crippen LogP contribution in [0.1, 0.15) is 42.5 Å². The van der Waals surface area contributed by atoms with E-state index < -0.39 is 0 Å². The van der Waals surface area contributed by atoms with Crippen LogP contribution in [0.15, 0.2) is 77.8 Å². The van der Waals surface area contributed by atoms with E-state index in [0.29, 0.717) is 23.1 Å². The summed E-state index contributed by atoms with van der Waals surface area (Å²) in [5.41, 5.74) is 2.60. The Morgan fingerprint density at radius 3 is 2.39 bits per heavy atom. The smallest absolute Gasteiger partial charge is 0.257 e. The summed E-state index contributed by atoms with van der Waals surface area (Å²) in [6.07, 6.45) is 8.00. The van der Waals surface area contributed by atoms with Crippen molar-refractivity contribution in [1.82, 2.24) is 10.3 Å². The van der Waals surface area contributed by atoms with Crippen molar-refractivity contribution in [3.63, 3.8) is 0 Å². The van der Waals surface area contributed by atoms with E-state index in [0.717, 1.165) is 22.6 Å². The lowest BCUT2D eigenvalue weighted by molar-refractivity contribution is -0.118. The predicted octanol–water partition coefficient (Wildman–Crippen LogP) is 5.79. The average Bonchev–Trinajstić information content (AvgIpc) is 2.88. The van der Waals surface area contributed by atoms with E-state index in [1.807, 2.05) is 54.6 Å². The average molecular weight is 460 g/mol. The SMILES string of the molecule is O=C(CSc1ccccc1C(=O)Nc1ccc(-c2ccccc2)cn1)NCC1CCCCC1. The molecule has 33 heavy (non-hydrogen) atoms. The van der Waals surface area contributed by atoms with Crippen LogP contribution in [-0.4, -0.2) is 29.1 Å². The molecule has 1 aromatic heterocycles. The van der Waals surface area contributed by atoms with E-state index in [1.54, 1.807) is 18.3 Å². The fourth-order valence-electron chi connectivity index (χ4n) is 4.08. The summed E-state index contributed by atoms with van der Waals surface area (Å²) in [7, 11) is 0. The van der Waals surface area contributed by atoms with E-state index in [9.17, 15) is 9.59 Å². The monoisotopic (exact) mass is 459 g/mol. The molecule has 4 rings (SSSR count). The summed E-state index contributed by atoms with van der Waals surface area (Å²) in [6, 6.07) is 21.1. The minimum absolute atomic E-state index is 0.0129. The summed E-state index contributed by atoms with van der Waals surface area (Å²) in [6.45, 7) is 0.756. The molecule has 170 valence electrons. The Hall–Kier alpha value is -3.12. The highest BCUT2D eigenvalue weighted by molar-refractivity contribution is 8.00. The third kappa shape index (κ3) is 6.68. The van der Waals surface area contributed by atoms with Crippen LogP contribution in [0, 0.1) is 5.92 Å². The van der Waals surface area contributed by atoms with Gasteiger partial charge in [0.15, 0.2) is 0 Å². The fourth-order valence-corrected chi connectivity index (χ4v) is 4.96. The standard InChI is InChI=1S/C27H29N3O2S/c31-26(29-17-20-9-3-1-4-10-20)19-33-24-14-8-7-13-23(24)27(32)30-25-16-15-22(18-28-25)21-11-5-2-6-12-21/h2,5-8,11-16,18,20H,1,3-4,9-10,17,19H2,(H,29,31)(H,28,30,32). The number of nitrogens with zero attached hydrogens (tertiary/aromatic N) is 1. The number of rotatable bonds is 8. The lowest BCUT2D eigenvalue weighted by Crippen LogP contribution is -2.31. The lowest BCUT2D eigenvalue weighted by atomic mass is 9.89. The number of anilines is 1. The topological polar surface area (TPSA) is 71.1 Å². The van der Waals surface area contributed by atoms with Crippen molar-refractivity contribution in [3.8, 4) is 11.1 Å². The Morgan fingerprint density at radius 2 is 1.64 bits per heavy atom. The lowest BCUT2D eigenvalue weighted by Gasteiger charge is -2.21. The summed E-state index contributed by atoms with van der Waals surface area (Å²) in [4.78, 5) is 30.4. The maximum atomic E-state index is 12.9. The summed E-state index contributed by atoms with van der Waals surface area (Å²) >= 11 is 1.39. The molecule has 0 radical (unpaired) electrons. The Bertz CT molecular complexity index is 1060. The van der Waals surface area contributed by atoms with E-state index >= 15 is 0 Å². The van der Waals surface area contributed by atoms with Gasteiger partial charge in [0.25, 0.3) is 5.91 Å². The maximum Gasteiger partial charge on any atom is 0.257 e. The molecule has 1 aliphatic rings. The number of amides is 2. The van der Waals surface area contributed by atoms with Gasteiger partial charge >= 0.3 is 0 Å². The molecule has 0 unspecified atom stereocenters. The van der Waals surface area contributed by atoms with Gasteiger partial charge in [-0.15, -0.1) is 11.8 Å². The Morgan fingerprint density at radius 1 is 0.879 bits per heavy atom. The minimum Gasteiger partial charge on any atom is -0.355 e. The van der Waals surface area contributed by atoms with E-state index in [1.165, 1.54) is 43.9 Å². The molecule has 6 heteroatoms. The van der Waals surface area contributed by atoms with Gasteiger partial charge in [0.1, 0.15) is 5.82 Å². The van der Waals surface area contributed by atoms with Crippen molar-refractivity contribution in [3.05, 3.63) is 78.5 Å². The van der Waals surface area contributed by atoms with Crippen LogP contribution in [0.2, 0.25) is 0 Å². The van der Waals surface area contributed by atoms with Gasteiger partial charge in [0.2, 0.25) is 5.91 Å². The second-order valence-electron chi connectivity index (χ2n) is 8.35. The van der Waals surface area contributed by atoms with Crippen LogP contribution >= 0.6 is 11.8 Å². The molecule has 1 saturated carbocycles. The van der Waals surface area contributed by atoms with Gasteiger partial charge in [-0.25, -0.2) is 4.98 Å². The highest BCUT2D eigenvalue weighted by Gasteiger charge is 2.16. The molecule has 0 atom stereocenters. The summed E-state index contributed by atoms with van der Waals surface area (Å²) in [5, 5.41) is 5.93. The molecular weight excluding hydrogens is 430 g/mol. The zero-order valence-corrected chi connectivity index (χ0v) is 19.4. The molecule has 0 aliphatic heterocycles. The molecule has 1 heterocycles. The van der Waals surface area contributed by atoms with Crippen LogP contribution in [-0.2, 0) is 4.79 Å². The number of nitrogens with one attached hydrogen (secondary N) is 2. The van der Waals surface area contributed by atoms with E-state index in [4.69, 9.17) is 0 Å². The normalized spacial score (nSPS) is 13.9. The van der Waals surface area contributed by atoms with Gasteiger partial charge in [-0.2, -0.15) is 0 Å². The zero-order chi connectivity index (χ0) is 22.9. The van der Waals surface area contributed by atoms with Gasteiger partial charge in [0, 0.05) is 23.2 Å². The van der Waals surface area contributed by atoms with Crippen molar-refractivity contribution in [2.24, 2.45) is 5.92 Å². The molecule has 5 nitrogen and oxygen atoms in total. The van der Waals surface area contributed by atoms with Crippen molar-refractivity contribution in [2.75, 3.05) is 17.6 Å². The highest BCUT2D eigenvalue weighted by atomic mass is 32.2. The van der Waals surface area contributed by atoms with E-state index in [-0.39, 0.29) is 11.8 Å². The number of hydrogen-bond acceptors (Lipinski definition) is 4. The first-order chi connectivity index (χ1) is 16.2. The van der Waals surface area contributed by atoms with Gasteiger partial charge < -0.3 is 10.6 Å². The molecule has 1 fully saturated rings. The second-order valence-corrected chi connectivity index (χ2v) is 9.36. The number of thioether (sulfide) groups is 1. The number of carbonyl (C=O) groups excluding carboxylic acids is 2. The van der Waals surface area contributed by atoms with Crippen molar-refractivity contribution < 1.29 is 9.59 Å². The number of pyridine rings is 1. The van der Waals surface area contributed by atoms with Gasteiger partial charge in [-0.1, -0.05) is 61.7 Å². The molecule has 3 aromatic rings. The zero-order valence-electron chi connectivity index (χ0n) is 18.6. The quantitative estimate of drug-likeness (QED) is 0.418. The van der Waals surface area contributed by atoms with Crippen molar-refractivity contribution in [2.45, 2.75) is 37.0 Å². The Balaban J connectivity index is 1.32. The van der Waals surface area contributed by atoms with Crippen molar-refractivity contribution in [1.29, 1.82) is 0 Å². The van der Waals surface area contributed by atoms with Crippen LogP contribution in [0.4, 0.5) is 5.82 Å². The van der Waals surface area contributed by atoms with Crippen LogP contribution in [0.25, 0.3) is 11.1 Å². The van der Waals surface area contributed by atoms with Crippen LogP contribution in [0.5, 0.6) is 0 Å². The summed E-state index contributed by atoms with van der Waals surface area (Å²) in [5.74, 6) is 1.16. The van der Waals surface area contributed by atoms with E-state index in [2.05, 4.69) is 15.6 Å². The molecule has 2 amide bonds. The van der Waals surface area contributed by atoms with Crippen LogP contribution < -0.4 is 10.6 Å². The Kier molecular flexibility index (Phi) is 8.14.